The molecule has 1 N–H and O–H groups in total. The average Bonchev–Trinajstić information content (AvgIpc) is 2.51. The number of aryl methyl sites for hydroxylation is 1. The number of para-hydroxylation sites is 1. The standard InChI is InChI=1S/C13H15NO2S/c1-10-5-3-4-6-13(10)14-7-12-9-17(15,16)8-11(12)2/h3-6,9,14H,2,7-8H2,1H3. The number of hydrogen-bond donors (Lipinski definition) is 1. The fourth-order valence-electron chi connectivity index (χ4n) is 1.81. The molecule has 0 amide bonds. The molecule has 2 rings (SSSR count). The third kappa shape index (κ3) is 2.77. The van der Waals surface area contributed by atoms with Crippen molar-refractivity contribution in [1.82, 2.24) is 0 Å². The van der Waals surface area contributed by atoms with Gasteiger partial charge in [-0.3, -0.25) is 0 Å². The van der Waals surface area contributed by atoms with Gasteiger partial charge in [0.2, 0.25) is 0 Å². The van der Waals surface area contributed by atoms with Crippen molar-refractivity contribution in [3.63, 3.8) is 0 Å². The molecule has 0 bridgehead atoms. The van der Waals surface area contributed by atoms with E-state index in [1.165, 1.54) is 5.41 Å². The molecule has 4 heteroatoms. The maximum atomic E-state index is 11.4. The lowest BCUT2D eigenvalue weighted by atomic mass is 10.1. The Morgan fingerprint density at radius 3 is 2.65 bits per heavy atom. The summed E-state index contributed by atoms with van der Waals surface area (Å²) in [6.07, 6.45) is 0. The van der Waals surface area contributed by atoms with Crippen LogP contribution in [0.3, 0.4) is 0 Å². The molecular formula is C13H15NO2S. The van der Waals surface area contributed by atoms with Crippen LogP contribution in [0.15, 0.2) is 47.4 Å². The molecule has 0 spiro atoms. The normalized spacial score (nSPS) is 17.9. The Balaban J connectivity index is 2.10. The second kappa shape index (κ2) is 4.37. The van der Waals surface area contributed by atoms with Gasteiger partial charge in [0.25, 0.3) is 0 Å². The van der Waals surface area contributed by atoms with Gasteiger partial charge in [-0.15, -0.1) is 0 Å². The highest BCUT2D eigenvalue weighted by Crippen LogP contribution is 2.22. The van der Waals surface area contributed by atoms with Crippen molar-refractivity contribution in [2.24, 2.45) is 0 Å². The molecular weight excluding hydrogens is 234 g/mol. The van der Waals surface area contributed by atoms with Crippen LogP contribution in [0.2, 0.25) is 0 Å². The van der Waals surface area contributed by atoms with E-state index in [-0.39, 0.29) is 5.75 Å². The third-order valence-corrected chi connectivity index (χ3v) is 4.16. The van der Waals surface area contributed by atoms with Crippen molar-refractivity contribution in [2.45, 2.75) is 6.92 Å². The zero-order chi connectivity index (χ0) is 12.5. The molecule has 1 aliphatic heterocycles. The molecule has 90 valence electrons. The van der Waals surface area contributed by atoms with Gasteiger partial charge in [-0.05, 0) is 29.7 Å². The molecule has 0 saturated carbocycles. The fourth-order valence-corrected chi connectivity index (χ4v) is 3.24. The predicted octanol–water partition coefficient (Wildman–Crippen LogP) is 2.28. The summed E-state index contributed by atoms with van der Waals surface area (Å²) in [5, 5.41) is 4.55. The van der Waals surface area contributed by atoms with E-state index in [1.807, 2.05) is 31.2 Å². The van der Waals surface area contributed by atoms with Crippen LogP contribution in [0.4, 0.5) is 5.69 Å². The first-order valence-electron chi connectivity index (χ1n) is 5.39. The van der Waals surface area contributed by atoms with Crippen molar-refractivity contribution in [3.8, 4) is 0 Å². The van der Waals surface area contributed by atoms with E-state index in [0.717, 1.165) is 16.8 Å². The van der Waals surface area contributed by atoms with E-state index >= 15 is 0 Å². The van der Waals surface area contributed by atoms with Gasteiger partial charge in [-0.2, -0.15) is 0 Å². The van der Waals surface area contributed by atoms with Gasteiger partial charge in [-0.1, -0.05) is 24.8 Å². The summed E-state index contributed by atoms with van der Waals surface area (Å²) in [6, 6.07) is 7.90. The lowest BCUT2D eigenvalue weighted by Gasteiger charge is -2.09. The van der Waals surface area contributed by atoms with Gasteiger partial charge in [0.1, 0.15) is 0 Å². The van der Waals surface area contributed by atoms with E-state index in [4.69, 9.17) is 0 Å². The fraction of sp³-hybridized carbons (Fsp3) is 0.231. The average molecular weight is 249 g/mol. The molecule has 0 unspecified atom stereocenters. The summed E-state index contributed by atoms with van der Waals surface area (Å²) >= 11 is 0. The van der Waals surface area contributed by atoms with Crippen LogP contribution in [0.25, 0.3) is 0 Å². The van der Waals surface area contributed by atoms with Crippen LogP contribution in [-0.4, -0.2) is 20.7 Å². The van der Waals surface area contributed by atoms with E-state index in [9.17, 15) is 8.42 Å². The van der Waals surface area contributed by atoms with E-state index in [2.05, 4.69) is 11.9 Å². The minimum atomic E-state index is -3.06. The second-order valence-corrected chi connectivity index (χ2v) is 6.07. The van der Waals surface area contributed by atoms with E-state index in [0.29, 0.717) is 12.1 Å². The lowest BCUT2D eigenvalue weighted by Crippen LogP contribution is -2.06. The summed E-state index contributed by atoms with van der Waals surface area (Å²) < 4.78 is 22.7. The molecule has 1 aromatic rings. The zero-order valence-corrected chi connectivity index (χ0v) is 10.5. The van der Waals surface area contributed by atoms with Gasteiger partial charge >= 0.3 is 0 Å². The first kappa shape index (κ1) is 11.9. The Bertz CT molecular complexity index is 585. The van der Waals surface area contributed by atoms with Gasteiger partial charge in [-0.25, -0.2) is 8.42 Å². The van der Waals surface area contributed by atoms with Crippen LogP contribution in [0.5, 0.6) is 0 Å². The minimum Gasteiger partial charge on any atom is -0.381 e. The summed E-state index contributed by atoms with van der Waals surface area (Å²) in [6.45, 7) is 6.29. The molecule has 1 aliphatic rings. The minimum absolute atomic E-state index is 0.0534. The van der Waals surface area contributed by atoms with Gasteiger partial charge in [0.15, 0.2) is 9.84 Å². The maximum absolute atomic E-state index is 11.4. The first-order valence-corrected chi connectivity index (χ1v) is 7.10. The van der Waals surface area contributed by atoms with E-state index < -0.39 is 9.84 Å². The quantitative estimate of drug-likeness (QED) is 0.894. The lowest BCUT2D eigenvalue weighted by molar-refractivity contribution is 0.608. The Hall–Kier alpha value is -1.55. The Morgan fingerprint density at radius 2 is 2.06 bits per heavy atom. The highest BCUT2D eigenvalue weighted by atomic mass is 32.2. The number of rotatable bonds is 3. The second-order valence-electron chi connectivity index (χ2n) is 4.22. The molecule has 0 atom stereocenters. The molecule has 1 heterocycles. The SMILES string of the molecule is C=C1CS(=O)(=O)C=C1CNc1ccccc1C. The number of anilines is 1. The van der Waals surface area contributed by atoms with Gasteiger partial charge in [0.05, 0.1) is 5.75 Å². The van der Waals surface area contributed by atoms with Crippen LogP contribution in [0, 0.1) is 6.92 Å². The molecule has 1 aromatic carbocycles. The third-order valence-electron chi connectivity index (χ3n) is 2.77. The predicted molar refractivity (Wildman–Crippen MR) is 70.7 cm³/mol. The topological polar surface area (TPSA) is 46.2 Å². The molecule has 0 aliphatic carbocycles. The van der Waals surface area contributed by atoms with Crippen molar-refractivity contribution >= 4 is 15.5 Å². The number of nitrogens with one attached hydrogen (secondary N) is 1. The van der Waals surface area contributed by atoms with Crippen LogP contribution >= 0.6 is 0 Å². The molecule has 0 fully saturated rings. The molecule has 17 heavy (non-hydrogen) atoms. The number of benzene rings is 1. The van der Waals surface area contributed by atoms with Crippen molar-refractivity contribution in [2.75, 3.05) is 17.6 Å². The van der Waals surface area contributed by atoms with Crippen molar-refractivity contribution in [1.29, 1.82) is 0 Å². The largest absolute Gasteiger partial charge is 0.381 e. The monoisotopic (exact) mass is 249 g/mol. The van der Waals surface area contributed by atoms with Crippen LogP contribution < -0.4 is 5.32 Å². The highest BCUT2D eigenvalue weighted by Gasteiger charge is 2.21. The zero-order valence-electron chi connectivity index (χ0n) is 9.73. The van der Waals surface area contributed by atoms with Crippen molar-refractivity contribution < 1.29 is 8.42 Å². The number of hydrogen-bond acceptors (Lipinski definition) is 3. The van der Waals surface area contributed by atoms with Crippen molar-refractivity contribution in [3.05, 3.63) is 53.0 Å². The summed E-state index contributed by atoms with van der Waals surface area (Å²) in [7, 11) is -3.06. The Morgan fingerprint density at radius 1 is 1.35 bits per heavy atom. The van der Waals surface area contributed by atoms with E-state index in [1.54, 1.807) is 0 Å². The Labute approximate surface area is 102 Å². The Kier molecular flexibility index (Phi) is 3.07. The summed E-state index contributed by atoms with van der Waals surface area (Å²) in [4.78, 5) is 0. The highest BCUT2D eigenvalue weighted by molar-refractivity contribution is 7.94. The maximum Gasteiger partial charge on any atom is 0.176 e. The van der Waals surface area contributed by atoms with Gasteiger partial charge < -0.3 is 5.32 Å². The molecule has 0 saturated heterocycles. The summed E-state index contributed by atoms with van der Waals surface area (Å²) in [5.41, 5.74) is 3.62. The molecule has 0 radical (unpaired) electrons. The molecule has 0 aromatic heterocycles. The van der Waals surface area contributed by atoms with Gasteiger partial charge in [0, 0.05) is 17.6 Å². The summed E-state index contributed by atoms with van der Waals surface area (Å²) in [5.74, 6) is 0.0534. The number of sulfone groups is 1. The van der Waals surface area contributed by atoms with Crippen LogP contribution in [-0.2, 0) is 9.84 Å². The van der Waals surface area contributed by atoms with Crippen LogP contribution in [0.1, 0.15) is 5.56 Å². The smallest absolute Gasteiger partial charge is 0.176 e. The molecule has 3 nitrogen and oxygen atoms in total. The first-order chi connectivity index (χ1) is 7.98.